The van der Waals surface area contributed by atoms with Crippen molar-refractivity contribution in [2.75, 3.05) is 20.3 Å². The second-order valence-electron chi connectivity index (χ2n) is 7.06. The van der Waals surface area contributed by atoms with Gasteiger partial charge in [-0.05, 0) is 43.4 Å². The van der Waals surface area contributed by atoms with Crippen LogP contribution < -0.4 is 4.74 Å². The third-order valence-corrected chi connectivity index (χ3v) is 6.01. The largest absolute Gasteiger partial charge is 0.497 e. The summed E-state index contributed by atoms with van der Waals surface area (Å²) >= 11 is 0. The van der Waals surface area contributed by atoms with E-state index in [0.717, 1.165) is 30.2 Å². The van der Waals surface area contributed by atoms with Crippen molar-refractivity contribution in [2.24, 2.45) is 5.92 Å². The van der Waals surface area contributed by atoms with Crippen LogP contribution in [0.25, 0.3) is 11.0 Å². The molecule has 2 fully saturated rings. The fraction of sp³-hybridized carbons (Fsp3) is 0.556. The van der Waals surface area contributed by atoms with E-state index >= 15 is 0 Å². The molecule has 2 bridgehead atoms. The Bertz CT molecular complexity index is 737. The zero-order valence-electron chi connectivity index (χ0n) is 12.8. The van der Waals surface area contributed by atoms with Crippen LogP contribution in [-0.2, 0) is 6.42 Å². The number of hydrogen-bond donors (Lipinski definition) is 1. The number of nitrogens with zero attached hydrogens (tertiary/aromatic N) is 1. The summed E-state index contributed by atoms with van der Waals surface area (Å²) in [6.45, 7) is 1.38. The molecule has 4 atom stereocenters. The third-order valence-electron chi connectivity index (χ3n) is 6.01. The molecular weight excluding hydrogens is 278 g/mol. The van der Waals surface area contributed by atoms with Crippen molar-refractivity contribution >= 4 is 11.0 Å². The molecule has 4 heteroatoms. The van der Waals surface area contributed by atoms with E-state index in [9.17, 15) is 5.11 Å². The zero-order chi connectivity index (χ0) is 14.8. The van der Waals surface area contributed by atoms with E-state index in [-0.39, 0.29) is 12.6 Å². The summed E-state index contributed by atoms with van der Waals surface area (Å²) in [5, 5.41) is 11.1. The van der Waals surface area contributed by atoms with Crippen LogP contribution in [0.2, 0.25) is 0 Å². The van der Waals surface area contributed by atoms with Gasteiger partial charge in [0.25, 0.3) is 0 Å². The summed E-state index contributed by atoms with van der Waals surface area (Å²) in [5.41, 5.74) is 2.26. The van der Waals surface area contributed by atoms with Gasteiger partial charge in [0.05, 0.1) is 13.7 Å². The van der Waals surface area contributed by atoms with Crippen LogP contribution in [0, 0.1) is 5.92 Å². The Hall–Kier alpha value is -1.52. The first-order valence-electron chi connectivity index (χ1n) is 8.24. The van der Waals surface area contributed by atoms with E-state index in [1.807, 2.05) is 12.1 Å². The Labute approximate surface area is 129 Å². The number of ether oxygens (including phenoxy) is 1. The molecule has 1 aromatic carbocycles. The number of aliphatic hydroxyl groups is 1. The molecule has 2 aliphatic heterocycles. The van der Waals surface area contributed by atoms with Crippen LogP contribution in [0.15, 0.2) is 22.6 Å². The average Bonchev–Trinajstić information content (AvgIpc) is 3.22. The molecule has 116 valence electrons. The predicted octanol–water partition coefficient (Wildman–Crippen LogP) is 2.54. The molecule has 5 rings (SSSR count). The highest BCUT2D eigenvalue weighted by atomic mass is 16.5. The van der Waals surface area contributed by atoms with Gasteiger partial charge in [-0.3, -0.25) is 4.90 Å². The first-order valence-corrected chi connectivity index (χ1v) is 8.24. The van der Waals surface area contributed by atoms with E-state index in [4.69, 9.17) is 9.15 Å². The van der Waals surface area contributed by atoms with E-state index in [2.05, 4.69) is 11.0 Å². The first kappa shape index (κ1) is 13.0. The molecule has 0 amide bonds. The monoisotopic (exact) mass is 299 g/mol. The van der Waals surface area contributed by atoms with Crippen molar-refractivity contribution in [1.29, 1.82) is 0 Å². The quantitative estimate of drug-likeness (QED) is 0.925. The van der Waals surface area contributed by atoms with Gasteiger partial charge in [-0.15, -0.1) is 0 Å². The van der Waals surface area contributed by atoms with Crippen molar-refractivity contribution in [1.82, 2.24) is 4.90 Å². The van der Waals surface area contributed by atoms with Gasteiger partial charge in [-0.25, -0.2) is 0 Å². The summed E-state index contributed by atoms with van der Waals surface area (Å²) in [4.78, 5) is 2.54. The van der Waals surface area contributed by atoms with Gasteiger partial charge in [0.15, 0.2) is 0 Å². The van der Waals surface area contributed by atoms with Crippen LogP contribution >= 0.6 is 0 Å². The highest BCUT2D eigenvalue weighted by Gasteiger charge is 2.51. The minimum Gasteiger partial charge on any atom is -0.497 e. The maximum atomic E-state index is 9.90. The maximum absolute atomic E-state index is 9.90. The molecule has 1 N–H and O–H groups in total. The fourth-order valence-corrected chi connectivity index (χ4v) is 5.07. The number of piperidine rings is 1. The lowest BCUT2D eigenvalue weighted by Crippen LogP contribution is -2.45. The highest BCUT2D eigenvalue weighted by molar-refractivity contribution is 5.84. The lowest BCUT2D eigenvalue weighted by atomic mass is 9.94. The number of benzene rings is 1. The molecule has 2 aromatic rings. The second kappa shape index (κ2) is 4.49. The Morgan fingerprint density at radius 2 is 2.27 bits per heavy atom. The van der Waals surface area contributed by atoms with Gasteiger partial charge >= 0.3 is 0 Å². The molecule has 0 spiro atoms. The third kappa shape index (κ3) is 1.60. The lowest BCUT2D eigenvalue weighted by Gasteiger charge is -2.34. The molecule has 1 saturated carbocycles. The Morgan fingerprint density at radius 3 is 3.05 bits per heavy atom. The number of fused-ring (bicyclic) bond motifs is 5. The predicted molar refractivity (Wildman–Crippen MR) is 83.3 cm³/mol. The van der Waals surface area contributed by atoms with Crippen LogP contribution in [0.4, 0.5) is 0 Å². The summed E-state index contributed by atoms with van der Waals surface area (Å²) in [7, 11) is 1.70. The topological polar surface area (TPSA) is 45.8 Å². The van der Waals surface area contributed by atoms with Crippen LogP contribution in [0.3, 0.4) is 0 Å². The molecule has 0 radical (unpaired) electrons. The van der Waals surface area contributed by atoms with Gasteiger partial charge in [0.2, 0.25) is 0 Å². The fourth-order valence-electron chi connectivity index (χ4n) is 5.07. The van der Waals surface area contributed by atoms with Crippen molar-refractivity contribution in [3.05, 3.63) is 29.5 Å². The molecular formula is C18H21NO3. The SMILES string of the molecule is COc1ccc2oc3c(c2c1)CC(CO)N1C[C@H]2CC1[C@H]3C2. The van der Waals surface area contributed by atoms with Crippen molar-refractivity contribution in [2.45, 2.75) is 37.3 Å². The van der Waals surface area contributed by atoms with Gasteiger partial charge in [0, 0.05) is 35.5 Å². The lowest BCUT2D eigenvalue weighted by molar-refractivity contribution is 0.0885. The van der Waals surface area contributed by atoms with E-state index in [1.165, 1.54) is 29.6 Å². The molecule has 3 aliphatic rings. The molecule has 22 heavy (non-hydrogen) atoms. The van der Waals surface area contributed by atoms with E-state index in [1.54, 1.807) is 7.11 Å². The second-order valence-corrected chi connectivity index (χ2v) is 7.06. The molecule has 2 unspecified atom stereocenters. The number of rotatable bonds is 2. The number of methoxy groups -OCH3 is 1. The molecule has 4 nitrogen and oxygen atoms in total. The van der Waals surface area contributed by atoms with Gasteiger partial charge in [0.1, 0.15) is 17.1 Å². The summed E-state index contributed by atoms with van der Waals surface area (Å²) in [5.74, 6) is 3.33. The molecule has 1 aromatic heterocycles. The van der Waals surface area contributed by atoms with Crippen molar-refractivity contribution in [3.8, 4) is 5.75 Å². The van der Waals surface area contributed by atoms with Crippen LogP contribution in [0.1, 0.15) is 30.1 Å². The molecule has 3 heterocycles. The summed E-state index contributed by atoms with van der Waals surface area (Å²) < 4.78 is 11.7. The summed E-state index contributed by atoms with van der Waals surface area (Å²) in [6.07, 6.45) is 3.38. The smallest absolute Gasteiger partial charge is 0.134 e. The standard InChI is InChI=1S/C18H21NO3/c1-21-12-2-3-17-13(7-12)14-6-11(9-20)19-8-10-4-15(16(19)5-10)18(14)22-17/h2-3,7,10-11,15-16,20H,4-6,8-9H2,1H3/t10-,11?,15-,16?/m1/s1. The average molecular weight is 299 g/mol. The maximum Gasteiger partial charge on any atom is 0.134 e. The van der Waals surface area contributed by atoms with Gasteiger partial charge < -0.3 is 14.3 Å². The van der Waals surface area contributed by atoms with E-state index < -0.39 is 0 Å². The minimum absolute atomic E-state index is 0.228. The number of hydrogen-bond acceptors (Lipinski definition) is 4. The summed E-state index contributed by atoms with van der Waals surface area (Å²) in [6, 6.07) is 6.85. The normalized spacial score (nSPS) is 33.2. The Morgan fingerprint density at radius 1 is 1.36 bits per heavy atom. The molecule has 1 aliphatic carbocycles. The Kier molecular flexibility index (Phi) is 2.65. The highest BCUT2D eigenvalue weighted by Crippen LogP contribution is 2.52. The first-order chi connectivity index (χ1) is 10.8. The minimum atomic E-state index is 0.228. The molecule has 1 saturated heterocycles. The number of furan rings is 1. The zero-order valence-corrected chi connectivity index (χ0v) is 12.8. The van der Waals surface area contributed by atoms with E-state index in [0.29, 0.717) is 12.0 Å². The van der Waals surface area contributed by atoms with Crippen molar-refractivity contribution in [3.63, 3.8) is 0 Å². The number of aliphatic hydroxyl groups excluding tert-OH is 1. The van der Waals surface area contributed by atoms with Gasteiger partial charge in [-0.2, -0.15) is 0 Å². The van der Waals surface area contributed by atoms with Crippen LogP contribution in [0.5, 0.6) is 5.75 Å². The van der Waals surface area contributed by atoms with Gasteiger partial charge in [-0.1, -0.05) is 0 Å². The van der Waals surface area contributed by atoms with Crippen molar-refractivity contribution < 1.29 is 14.3 Å². The Balaban J connectivity index is 1.71. The van der Waals surface area contributed by atoms with Crippen LogP contribution in [-0.4, -0.2) is 42.4 Å².